The Morgan fingerprint density at radius 3 is 2.46 bits per heavy atom. The SMILES string of the molecule is CCOC(=O)c1cnn(-c2ccccc2)c1NC(=O)c1ccccc1F. The Balaban J connectivity index is 2.03. The zero-order valence-corrected chi connectivity index (χ0v) is 14.0. The Labute approximate surface area is 149 Å². The number of esters is 1. The Hall–Kier alpha value is -3.48. The quantitative estimate of drug-likeness (QED) is 0.713. The number of nitrogens with zero attached hydrogens (tertiary/aromatic N) is 2. The fourth-order valence-electron chi connectivity index (χ4n) is 2.41. The number of hydrogen-bond donors (Lipinski definition) is 1. The lowest BCUT2D eigenvalue weighted by molar-refractivity contribution is 0.0527. The third-order valence-corrected chi connectivity index (χ3v) is 3.62. The number of halogens is 1. The van der Waals surface area contributed by atoms with Gasteiger partial charge in [0.1, 0.15) is 11.4 Å². The van der Waals surface area contributed by atoms with Crippen molar-refractivity contribution < 1.29 is 18.7 Å². The number of carbonyl (C=O) groups is 2. The summed E-state index contributed by atoms with van der Waals surface area (Å²) in [6.07, 6.45) is 1.31. The number of anilines is 1. The standard InChI is InChI=1S/C19H16FN3O3/c1-2-26-19(25)15-12-21-23(13-8-4-3-5-9-13)17(15)22-18(24)14-10-6-7-11-16(14)20/h3-12H,2H2,1H3,(H,22,24). The second-order valence-corrected chi connectivity index (χ2v) is 5.31. The van der Waals surface area contributed by atoms with Gasteiger partial charge in [-0.05, 0) is 31.2 Å². The van der Waals surface area contributed by atoms with Crippen LogP contribution in [0.4, 0.5) is 10.2 Å². The first-order valence-electron chi connectivity index (χ1n) is 7.98. The highest BCUT2D eigenvalue weighted by atomic mass is 19.1. The zero-order chi connectivity index (χ0) is 18.5. The number of ether oxygens (including phenoxy) is 1. The average Bonchev–Trinajstić information content (AvgIpc) is 3.06. The van der Waals surface area contributed by atoms with Gasteiger partial charge in [0.2, 0.25) is 0 Å². The molecule has 0 saturated heterocycles. The fraction of sp³-hybridized carbons (Fsp3) is 0.105. The van der Waals surface area contributed by atoms with Crippen LogP contribution in [0.5, 0.6) is 0 Å². The van der Waals surface area contributed by atoms with Crippen LogP contribution in [0.3, 0.4) is 0 Å². The summed E-state index contributed by atoms with van der Waals surface area (Å²) in [5.41, 5.74) is 0.579. The maximum absolute atomic E-state index is 13.9. The molecular weight excluding hydrogens is 337 g/mol. The molecule has 0 bridgehead atoms. The first-order chi connectivity index (χ1) is 12.6. The number of amides is 1. The predicted molar refractivity (Wildman–Crippen MR) is 93.9 cm³/mol. The molecule has 0 fully saturated rings. The molecule has 2 aromatic carbocycles. The van der Waals surface area contributed by atoms with Crippen LogP contribution in [-0.2, 0) is 4.74 Å². The van der Waals surface area contributed by atoms with Gasteiger partial charge in [-0.2, -0.15) is 5.10 Å². The molecule has 6 nitrogen and oxygen atoms in total. The monoisotopic (exact) mass is 353 g/mol. The van der Waals surface area contributed by atoms with Gasteiger partial charge in [0.05, 0.1) is 24.1 Å². The van der Waals surface area contributed by atoms with Crippen LogP contribution in [0.15, 0.2) is 60.8 Å². The maximum Gasteiger partial charge on any atom is 0.343 e. The molecule has 1 aromatic heterocycles. The molecule has 1 amide bonds. The number of para-hydroxylation sites is 1. The maximum atomic E-state index is 13.9. The van der Waals surface area contributed by atoms with Crippen LogP contribution in [0, 0.1) is 5.82 Å². The summed E-state index contributed by atoms with van der Waals surface area (Å²) in [5.74, 6) is -1.86. The molecule has 26 heavy (non-hydrogen) atoms. The molecule has 0 atom stereocenters. The Kier molecular flexibility index (Phi) is 5.07. The number of carbonyl (C=O) groups excluding carboxylic acids is 2. The lowest BCUT2D eigenvalue weighted by Crippen LogP contribution is -2.19. The van der Waals surface area contributed by atoms with E-state index in [1.165, 1.54) is 29.1 Å². The van der Waals surface area contributed by atoms with E-state index in [9.17, 15) is 14.0 Å². The van der Waals surface area contributed by atoms with Crippen molar-refractivity contribution in [3.8, 4) is 5.69 Å². The fourth-order valence-corrected chi connectivity index (χ4v) is 2.41. The van der Waals surface area contributed by atoms with Crippen LogP contribution < -0.4 is 5.32 Å². The molecule has 1 N–H and O–H groups in total. The first-order valence-corrected chi connectivity index (χ1v) is 7.98. The molecule has 0 saturated carbocycles. The number of aromatic nitrogens is 2. The van der Waals surface area contributed by atoms with Gasteiger partial charge in [-0.1, -0.05) is 30.3 Å². The number of benzene rings is 2. The van der Waals surface area contributed by atoms with Crippen molar-refractivity contribution >= 4 is 17.7 Å². The van der Waals surface area contributed by atoms with Crippen molar-refractivity contribution in [2.45, 2.75) is 6.92 Å². The highest BCUT2D eigenvalue weighted by Crippen LogP contribution is 2.22. The summed E-state index contributed by atoms with van der Waals surface area (Å²) in [6.45, 7) is 1.85. The van der Waals surface area contributed by atoms with E-state index < -0.39 is 17.7 Å². The molecule has 3 rings (SSSR count). The largest absolute Gasteiger partial charge is 0.462 e. The van der Waals surface area contributed by atoms with Gasteiger partial charge in [-0.15, -0.1) is 0 Å². The molecule has 0 aliphatic heterocycles. The molecule has 0 aliphatic rings. The van der Waals surface area contributed by atoms with E-state index >= 15 is 0 Å². The van der Waals surface area contributed by atoms with E-state index in [2.05, 4.69) is 10.4 Å². The van der Waals surface area contributed by atoms with Crippen molar-refractivity contribution in [2.24, 2.45) is 0 Å². The van der Waals surface area contributed by atoms with E-state index in [0.717, 1.165) is 0 Å². The Morgan fingerprint density at radius 2 is 1.77 bits per heavy atom. The molecule has 0 aliphatic carbocycles. The number of nitrogens with one attached hydrogen (secondary N) is 1. The van der Waals surface area contributed by atoms with E-state index in [1.807, 2.05) is 6.07 Å². The van der Waals surface area contributed by atoms with Gasteiger partial charge in [-0.3, -0.25) is 4.79 Å². The van der Waals surface area contributed by atoms with Gasteiger partial charge in [-0.25, -0.2) is 13.9 Å². The smallest absolute Gasteiger partial charge is 0.343 e. The minimum atomic E-state index is -0.689. The average molecular weight is 353 g/mol. The highest BCUT2D eigenvalue weighted by Gasteiger charge is 2.22. The molecule has 132 valence electrons. The van der Waals surface area contributed by atoms with Crippen molar-refractivity contribution in [1.29, 1.82) is 0 Å². The second-order valence-electron chi connectivity index (χ2n) is 5.31. The van der Waals surface area contributed by atoms with Gasteiger partial charge in [0, 0.05) is 0 Å². The summed E-state index contributed by atoms with van der Waals surface area (Å²) in [5, 5.41) is 6.74. The summed E-state index contributed by atoms with van der Waals surface area (Å²) < 4.78 is 20.3. The molecule has 3 aromatic rings. The van der Waals surface area contributed by atoms with Gasteiger partial charge >= 0.3 is 5.97 Å². The molecule has 1 heterocycles. The highest BCUT2D eigenvalue weighted by molar-refractivity contribution is 6.07. The first kappa shape index (κ1) is 17.3. The summed E-state index contributed by atoms with van der Waals surface area (Å²) in [7, 11) is 0. The van der Waals surface area contributed by atoms with Crippen LogP contribution in [0.1, 0.15) is 27.6 Å². The van der Waals surface area contributed by atoms with E-state index in [1.54, 1.807) is 37.3 Å². The third kappa shape index (κ3) is 3.46. The lowest BCUT2D eigenvalue weighted by Gasteiger charge is -2.11. The molecule has 0 radical (unpaired) electrons. The molecule has 0 unspecified atom stereocenters. The molecule has 7 heteroatoms. The summed E-state index contributed by atoms with van der Waals surface area (Å²) in [6, 6.07) is 14.5. The van der Waals surface area contributed by atoms with E-state index in [0.29, 0.717) is 5.69 Å². The zero-order valence-electron chi connectivity index (χ0n) is 14.0. The Bertz CT molecular complexity index is 938. The lowest BCUT2D eigenvalue weighted by atomic mass is 10.2. The third-order valence-electron chi connectivity index (χ3n) is 3.62. The minimum Gasteiger partial charge on any atom is -0.462 e. The van der Waals surface area contributed by atoms with Gasteiger partial charge < -0.3 is 10.1 Å². The molecule has 0 spiro atoms. The minimum absolute atomic E-state index is 0.0837. The normalized spacial score (nSPS) is 10.4. The number of rotatable bonds is 5. The Morgan fingerprint density at radius 1 is 1.08 bits per heavy atom. The summed E-state index contributed by atoms with van der Waals surface area (Å²) >= 11 is 0. The van der Waals surface area contributed by atoms with Crippen LogP contribution in [0.25, 0.3) is 5.69 Å². The van der Waals surface area contributed by atoms with Gasteiger partial charge in [0.15, 0.2) is 5.82 Å². The van der Waals surface area contributed by atoms with E-state index in [-0.39, 0.29) is 23.6 Å². The molecular formula is C19H16FN3O3. The van der Waals surface area contributed by atoms with Crippen molar-refractivity contribution in [2.75, 3.05) is 11.9 Å². The number of hydrogen-bond acceptors (Lipinski definition) is 4. The van der Waals surface area contributed by atoms with Crippen molar-refractivity contribution in [1.82, 2.24) is 9.78 Å². The topological polar surface area (TPSA) is 73.2 Å². The van der Waals surface area contributed by atoms with Crippen LogP contribution in [0.2, 0.25) is 0 Å². The van der Waals surface area contributed by atoms with Crippen LogP contribution in [-0.4, -0.2) is 28.3 Å². The second kappa shape index (κ2) is 7.60. The van der Waals surface area contributed by atoms with Crippen molar-refractivity contribution in [3.63, 3.8) is 0 Å². The van der Waals surface area contributed by atoms with Crippen LogP contribution >= 0.6 is 0 Å². The van der Waals surface area contributed by atoms with E-state index in [4.69, 9.17) is 4.74 Å². The summed E-state index contributed by atoms with van der Waals surface area (Å²) in [4.78, 5) is 24.7. The van der Waals surface area contributed by atoms with Crippen molar-refractivity contribution in [3.05, 3.63) is 77.7 Å². The predicted octanol–water partition coefficient (Wildman–Crippen LogP) is 3.44. The van der Waals surface area contributed by atoms with Gasteiger partial charge in [0.25, 0.3) is 5.91 Å².